The van der Waals surface area contributed by atoms with Gasteiger partial charge in [-0.15, -0.1) is 6.42 Å². The van der Waals surface area contributed by atoms with E-state index in [0.29, 0.717) is 61.5 Å². The van der Waals surface area contributed by atoms with Gasteiger partial charge in [0.2, 0.25) is 0 Å². The molecule has 0 aliphatic carbocycles. The number of methoxy groups -OCH3 is 1. The number of aromatic nitrogens is 1. The summed E-state index contributed by atoms with van der Waals surface area (Å²) in [6.07, 6.45) is 8.36. The molecule has 0 bridgehead atoms. The molecular formula is C31H31ClN2O6S. The van der Waals surface area contributed by atoms with Gasteiger partial charge in [0.05, 0.1) is 36.1 Å². The molecule has 41 heavy (non-hydrogen) atoms. The first kappa shape index (κ1) is 30.0. The van der Waals surface area contributed by atoms with Gasteiger partial charge in [0.1, 0.15) is 18.4 Å². The summed E-state index contributed by atoms with van der Waals surface area (Å²) in [5, 5.41) is 0.441. The Hall–Kier alpha value is -4.00. The zero-order valence-electron chi connectivity index (χ0n) is 23.4. The molecule has 0 unspecified atom stereocenters. The molecule has 10 heteroatoms. The number of esters is 1. The van der Waals surface area contributed by atoms with Crippen LogP contribution in [0.15, 0.2) is 57.5 Å². The van der Waals surface area contributed by atoms with Crippen molar-refractivity contribution < 1.29 is 23.7 Å². The van der Waals surface area contributed by atoms with E-state index in [-0.39, 0.29) is 18.8 Å². The fourth-order valence-electron chi connectivity index (χ4n) is 4.61. The minimum atomic E-state index is -0.846. The van der Waals surface area contributed by atoms with Crippen molar-refractivity contribution in [1.29, 1.82) is 0 Å². The number of hydrogen-bond acceptors (Lipinski definition) is 8. The van der Waals surface area contributed by atoms with Crippen LogP contribution in [0.1, 0.15) is 50.8 Å². The molecule has 0 saturated heterocycles. The highest BCUT2D eigenvalue weighted by molar-refractivity contribution is 7.07. The van der Waals surface area contributed by atoms with E-state index in [1.807, 2.05) is 19.9 Å². The van der Waals surface area contributed by atoms with Gasteiger partial charge in [-0.25, -0.2) is 9.79 Å². The lowest BCUT2D eigenvalue weighted by Crippen LogP contribution is -2.40. The summed E-state index contributed by atoms with van der Waals surface area (Å²) in [5.41, 5.74) is 1.83. The van der Waals surface area contributed by atoms with Crippen LogP contribution in [0.3, 0.4) is 0 Å². The van der Waals surface area contributed by atoms with Gasteiger partial charge in [0.25, 0.3) is 5.56 Å². The monoisotopic (exact) mass is 594 g/mol. The maximum atomic E-state index is 14.1. The number of thiazole rings is 1. The van der Waals surface area contributed by atoms with Crippen molar-refractivity contribution in [2.24, 2.45) is 4.99 Å². The summed E-state index contributed by atoms with van der Waals surface area (Å²) in [6.45, 7) is 6.32. The highest BCUT2D eigenvalue weighted by Crippen LogP contribution is 2.38. The van der Waals surface area contributed by atoms with Gasteiger partial charge in [-0.05, 0) is 62.2 Å². The number of allylic oxidation sites excluding steroid dienone is 1. The highest BCUT2D eigenvalue weighted by atomic mass is 35.5. The van der Waals surface area contributed by atoms with Crippen LogP contribution in [-0.2, 0) is 9.53 Å². The number of carbonyl (C=O) groups excluding carboxylic acids is 1. The van der Waals surface area contributed by atoms with Gasteiger partial charge in [-0.2, -0.15) is 0 Å². The lowest BCUT2D eigenvalue weighted by Gasteiger charge is -2.27. The molecule has 8 nitrogen and oxygen atoms in total. The van der Waals surface area contributed by atoms with Crippen molar-refractivity contribution in [2.45, 2.75) is 39.7 Å². The lowest BCUT2D eigenvalue weighted by atomic mass is 9.93. The van der Waals surface area contributed by atoms with E-state index in [0.717, 1.165) is 12.0 Å². The summed E-state index contributed by atoms with van der Waals surface area (Å²) in [6, 6.07) is 9.63. The molecule has 0 spiro atoms. The third-order valence-corrected chi connectivity index (χ3v) is 7.47. The second-order valence-electron chi connectivity index (χ2n) is 8.93. The molecule has 0 fully saturated rings. The van der Waals surface area contributed by atoms with Crippen LogP contribution in [0.4, 0.5) is 0 Å². The summed E-state index contributed by atoms with van der Waals surface area (Å²) in [5.74, 6) is 3.42. The smallest absolute Gasteiger partial charge is 0.338 e. The Morgan fingerprint density at radius 1 is 1.12 bits per heavy atom. The van der Waals surface area contributed by atoms with E-state index in [9.17, 15) is 9.59 Å². The quantitative estimate of drug-likeness (QED) is 0.237. The molecule has 1 aromatic heterocycles. The van der Waals surface area contributed by atoms with Gasteiger partial charge < -0.3 is 18.9 Å². The number of terminal acetylenes is 1. The van der Waals surface area contributed by atoms with Gasteiger partial charge in [-0.3, -0.25) is 9.36 Å². The van der Waals surface area contributed by atoms with Gasteiger partial charge in [-0.1, -0.05) is 48.3 Å². The molecule has 2 aromatic carbocycles. The van der Waals surface area contributed by atoms with Crippen LogP contribution < -0.4 is 29.1 Å². The van der Waals surface area contributed by atoms with Crippen LogP contribution in [0.25, 0.3) is 6.08 Å². The number of nitrogens with zero attached hydrogens (tertiary/aromatic N) is 2. The lowest BCUT2D eigenvalue weighted by molar-refractivity contribution is -0.139. The molecule has 4 rings (SSSR count). The molecule has 214 valence electrons. The maximum absolute atomic E-state index is 14.1. The van der Waals surface area contributed by atoms with Crippen molar-refractivity contribution in [2.75, 3.05) is 26.9 Å². The second-order valence-corrected chi connectivity index (χ2v) is 10.4. The number of rotatable bonds is 11. The number of halogens is 1. The van der Waals surface area contributed by atoms with Crippen LogP contribution in [0, 0.1) is 12.3 Å². The first-order valence-corrected chi connectivity index (χ1v) is 14.4. The van der Waals surface area contributed by atoms with Crippen molar-refractivity contribution in [3.8, 4) is 29.6 Å². The Kier molecular flexibility index (Phi) is 9.92. The predicted molar refractivity (Wildman–Crippen MR) is 160 cm³/mol. The molecule has 0 N–H and O–H groups in total. The SMILES string of the molecule is C#CCOc1ccc(/C=c2/sc3n(c2=O)[C@H](c2cc(Cl)ccc2OC)C(C(=O)OCC)=C(CCC)N=3)cc1OCC. The summed E-state index contributed by atoms with van der Waals surface area (Å²) in [7, 11) is 1.53. The minimum Gasteiger partial charge on any atom is -0.496 e. The van der Waals surface area contributed by atoms with Crippen LogP contribution in [0.5, 0.6) is 17.2 Å². The van der Waals surface area contributed by atoms with Crippen molar-refractivity contribution in [3.05, 3.63) is 83.5 Å². The molecular weight excluding hydrogens is 564 g/mol. The maximum Gasteiger partial charge on any atom is 0.338 e. The Labute approximate surface area is 247 Å². The average molecular weight is 595 g/mol. The largest absolute Gasteiger partial charge is 0.496 e. The molecule has 3 aromatic rings. The van der Waals surface area contributed by atoms with E-state index in [2.05, 4.69) is 5.92 Å². The number of fused-ring (bicyclic) bond motifs is 1. The van der Waals surface area contributed by atoms with Crippen molar-refractivity contribution >= 4 is 35.0 Å². The fourth-order valence-corrected chi connectivity index (χ4v) is 5.81. The van der Waals surface area contributed by atoms with E-state index in [1.54, 1.807) is 43.3 Å². The van der Waals surface area contributed by atoms with E-state index < -0.39 is 12.0 Å². The molecule has 1 aliphatic rings. The van der Waals surface area contributed by atoms with Crippen molar-refractivity contribution in [3.63, 3.8) is 0 Å². The molecule has 0 saturated carbocycles. The fraction of sp³-hybridized carbons (Fsp3) is 0.323. The van der Waals surface area contributed by atoms with Crippen LogP contribution in [-0.4, -0.2) is 37.5 Å². The Morgan fingerprint density at radius 3 is 2.59 bits per heavy atom. The van der Waals surface area contributed by atoms with E-state index in [4.69, 9.17) is 42.0 Å². The number of carbonyl (C=O) groups is 1. The molecule has 2 heterocycles. The van der Waals surface area contributed by atoms with Crippen molar-refractivity contribution in [1.82, 2.24) is 4.57 Å². The number of hydrogen-bond donors (Lipinski definition) is 0. The predicted octanol–water partition coefficient (Wildman–Crippen LogP) is 4.65. The summed E-state index contributed by atoms with van der Waals surface area (Å²) < 4.78 is 24.4. The molecule has 1 aliphatic heterocycles. The Morgan fingerprint density at radius 2 is 1.90 bits per heavy atom. The second kappa shape index (κ2) is 13.6. The Bertz CT molecular complexity index is 1700. The zero-order chi connectivity index (χ0) is 29.5. The standard InChI is InChI=1S/C31H31ClN2O6S/c1-6-10-22-27(30(36)39-9-4)28(21-18-20(32)12-14-23(21)37-5)34-29(35)26(41-31(34)33-22)17-19-11-13-24(40-15-7-2)25(16-19)38-8-3/h2,11-14,16-18,28H,6,8-10,15H2,1,3-5H3/b26-17+/t28-/m1/s1. The Balaban J connectivity index is 1.97. The third-order valence-electron chi connectivity index (χ3n) is 6.25. The molecule has 1 atom stereocenters. The minimum absolute atomic E-state index is 0.105. The first-order valence-electron chi connectivity index (χ1n) is 13.2. The third kappa shape index (κ3) is 6.34. The van der Waals surface area contributed by atoms with E-state index >= 15 is 0 Å². The molecule has 0 amide bonds. The number of ether oxygens (including phenoxy) is 4. The topological polar surface area (TPSA) is 88.4 Å². The van der Waals surface area contributed by atoms with E-state index in [1.165, 1.54) is 23.0 Å². The van der Waals surface area contributed by atoms with Gasteiger partial charge in [0.15, 0.2) is 16.3 Å². The van der Waals surface area contributed by atoms with Crippen LogP contribution >= 0.6 is 22.9 Å². The summed E-state index contributed by atoms with van der Waals surface area (Å²) >= 11 is 7.64. The first-order chi connectivity index (χ1) is 19.9. The normalized spacial score (nSPS) is 14.6. The summed E-state index contributed by atoms with van der Waals surface area (Å²) in [4.78, 5) is 32.7. The van der Waals surface area contributed by atoms with Gasteiger partial charge in [0, 0.05) is 10.6 Å². The number of benzene rings is 2. The average Bonchev–Trinajstić information content (AvgIpc) is 3.26. The van der Waals surface area contributed by atoms with Crippen LogP contribution in [0.2, 0.25) is 5.02 Å². The molecule has 0 radical (unpaired) electrons. The van der Waals surface area contributed by atoms with Gasteiger partial charge >= 0.3 is 5.97 Å². The highest BCUT2D eigenvalue weighted by Gasteiger charge is 2.36. The zero-order valence-corrected chi connectivity index (χ0v) is 24.9.